The molecule has 0 spiro atoms. The van der Waals surface area contributed by atoms with Crippen molar-refractivity contribution in [3.05, 3.63) is 71.5 Å². The summed E-state index contributed by atoms with van der Waals surface area (Å²) in [6.45, 7) is 2.39. The standard InChI is InChI=1S/C19H18FN3O/c20-17-8-6-16(7-9-17)19(24)23-12-10-22(11-13-23)18(14-21)15-4-2-1-3-5-15/h1-9,18H,10-13H2. The highest BCUT2D eigenvalue weighted by Gasteiger charge is 2.27. The van der Waals surface area contributed by atoms with Gasteiger partial charge in [0.05, 0.1) is 6.07 Å². The molecule has 2 aromatic rings. The Morgan fingerprint density at radius 1 is 1.00 bits per heavy atom. The number of benzene rings is 2. The molecule has 1 amide bonds. The number of carbonyl (C=O) groups is 1. The van der Waals surface area contributed by atoms with Gasteiger partial charge >= 0.3 is 0 Å². The molecule has 2 aromatic carbocycles. The first-order valence-corrected chi connectivity index (χ1v) is 7.92. The van der Waals surface area contributed by atoms with Gasteiger partial charge in [0.2, 0.25) is 0 Å². The molecule has 0 aromatic heterocycles. The molecule has 0 bridgehead atoms. The minimum absolute atomic E-state index is 0.0946. The number of nitrogens with zero attached hydrogens (tertiary/aromatic N) is 3. The summed E-state index contributed by atoms with van der Waals surface area (Å²) in [5.74, 6) is -0.445. The van der Waals surface area contributed by atoms with E-state index in [4.69, 9.17) is 0 Å². The molecule has 0 radical (unpaired) electrons. The Labute approximate surface area is 140 Å². The van der Waals surface area contributed by atoms with Gasteiger partial charge in [-0.05, 0) is 29.8 Å². The van der Waals surface area contributed by atoms with Crippen LogP contribution in [0.15, 0.2) is 54.6 Å². The minimum Gasteiger partial charge on any atom is -0.336 e. The number of hydrogen-bond acceptors (Lipinski definition) is 3. The summed E-state index contributed by atoms with van der Waals surface area (Å²) in [5, 5.41) is 9.50. The maximum atomic E-state index is 13.0. The molecule has 122 valence electrons. The third-order valence-corrected chi connectivity index (χ3v) is 4.30. The number of halogens is 1. The van der Waals surface area contributed by atoms with Crippen LogP contribution in [0.4, 0.5) is 4.39 Å². The number of hydrogen-bond donors (Lipinski definition) is 0. The van der Waals surface area contributed by atoms with Gasteiger partial charge in [0.1, 0.15) is 11.9 Å². The summed E-state index contributed by atoms with van der Waals surface area (Å²) >= 11 is 0. The Hall–Kier alpha value is -2.71. The van der Waals surface area contributed by atoms with Gasteiger partial charge < -0.3 is 4.90 Å². The van der Waals surface area contributed by atoms with E-state index in [2.05, 4.69) is 11.0 Å². The Balaban J connectivity index is 1.64. The molecule has 5 heteroatoms. The zero-order valence-electron chi connectivity index (χ0n) is 13.2. The molecule has 0 aliphatic carbocycles. The third kappa shape index (κ3) is 3.44. The molecule has 3 rings (SSSR count). The van der Waals surface area contributed by atoms with Gasteiger partial charge in [-0.25, -0.2) is 4.39 Å². The predicted octanol–water partition coefficient (Wildman–Crippen LogP) is 2.85. The number of piperazine rings is 1. The van der Waals surface area contributed by atoms with Gasteiger partial charge in [0.25, 0.3) is 5.91 Å². The largest absolute Gasteiger partial charge is 0.336 e. The molecular formula is C19H18FN3O. The van der Waals surface area contributed by atoms with E-state index in [1.807, 2.05) is 30.3 Å². The van der Waals surface area contributed by atoms with E-state index in [0.717, 1.165) is 5.56 Å². The lowest BCUT2D eigenvalue weighted by molar-refractivity contribution is 0.0606. The second-order valence-corrected chi connectivity index (χ2v) is 5.78. The summed E-state index contributed by atoms with van der Waals surface area (Å²) in [4.78, 5) is 16.3. The van der Waals surface area contributed by atoms with Gasteiger partial charge in [-0.2, -0.15) is 5.26 Å². The van der Waals surface area contributed by atoms with E-state index >= 15 is 0 Å². The summed E-state index contributed by atoms with van der Waals surface area (Å²) in [7, 11) is 0. The monoisotopic (exact) mass is 323 g/mol. The lowest BCUT2D eigenvalue weighted by Crippen LogP contribution is -2.49. The number of nitriles is 1. The highest BCUT2D eigenvalue weighted by Crippen LogP contribution is 2.21. The fraction of sp³-hybridized carbons (Fsp3) is 0.263. The second-order valence-electron chi connectivity index (χ2n) is 5.78. The molecule has 24 heavy (non-hydrogen) atoms. The first-order valence-electron chi connectivity index (χ1n) is 7.92. The summed E-state index contributed by atoms with van der Waals surface area (Å²) in [6.07, 6.45) is 0. The second kappa shape index (κ2) is 7.24. The molecule has 0 N–H and O–H groups in total. The fourth-order valence-corrected chi connectivity index (χ4v) is 2.96. The molecule has 1 saturated heterocycles. The Kier molecular flexibility index (Phi) is 4.88. The lowest BCUT2D eigenvalue weighted by Gasteiger charge is -2.37. The van der Waals surface area contributed by atoms with Crippen molar-refractivity contribution in [1.29, 1.82) is 5.26 Å². The minimum atomic E-state index is -0.351. The van der Waals surface area contributed by atoms with E-state index < -0.39 is 0 Å². The predicted molar refractivity (Wildman–Crippen MR) is 88.7 cm³/mol. The van der Waals surface area contributed by atoms with E-state index in [9.17, 15) is 14.4 Å². The Bertz CT molecular complexity index is 731. The van der Waals surface area contributed by atoms with Crippen LogP contribution in [0, 0.1) is 17.1 Å². The van der Waals surface area contributed by atoms with Crippen LogP contribution in [0.25, 0.3) is 0 Å². The average molecular weight is 323 g/mol. The van der Waals surface area contributed by atoms with E-state index in [1.54, 1.807) is 4.90 Å². The summed E-state index contributed by atoms with van der Waals surface area (Å²) < 4.78 is 13.0. The first-order chi connectivity index (χ1) is 11.7. The van der Waals surface area contributed by atoms with Crippen LogP contribution < -0.4 is 0 Å². The van der Waals surface area contributed by atoms with Gasteiger partial charge in [0.15, 0.2) is 0 Å². The van der Waals surface area contributed by atoms with Crippen molar-refractivity contribution >= 4 is 5.91 Å². The topological polar surface area (TPSA) is 47.3 Å². The summed E-state index contributed by atoms with van der Waals surface area (Å²) in [6, 6.07) is 17.3. The van der Waals surface area contributed by atoms with Crippen LogP contribution in [0.2, 0.25) is 0 Å². The van der Waals surface area contributed by atoms with Crippen LogP contribution in [-0.4, -0.2) is 41.9 Å². The van der Waals surface area contributed by atoms with Crippen LogP contribution in [0.5, 0.6) is 0 Å². The highest BCUT2D eigenvalue weighted by molar-refractivity contribution is 5.94. The van der Waals surface area contributed by atoms with Crippen molar-refractivity contribution in [1.82, 2.24) is 9.80 Å². The maximum absolute atomic E-state index is 13.0. The SMILES string of the molecule is N#CC(c1ccccc1)N1CCN(C(=O)c2ccc(F)cc2)CC1. The molecule has 1 heterocycles. The van der Waals surface area contributed by atoms with Gasteiger partial charge in [-0.3, -0.25) is 9.69 Å². The van der Waals surface area contributed by atoms with Crippen molar-refractivity contribution < 1.29 is 9.18 Å². The number of carbonyl (C=O) groups excluding carboxylic acids is 1. The Morgan fingerprint density at radius 2 is 1.62 bits per heavy atom. The molecule has 1 atom stereocenters. The Morgan fingerprint density at radius 3 is 2.21 bits per heavy atom. The molecule has 1 aliphatic rings. The maximum Gasteiger partial charge on any atom is 0.253 e. The van der Waals surface area contributed by atoms with E-state index in [-0.39, 0.29) is 17.8 Å². The molecule has 1 aliphatic heterocycles. The highest BCUT2D eigenvalue weighted by atomic mass is 19.1. The molecule has 1 fully saturated rings. The summed E-state index contributed by atoms with van der Waals surface area (Å²) in [5.41, 5.74) is 1.46. The molecule has 4 nitrogen and oxygen atoms in total. The average Bonchev–Trinajstić information content (AvgIpc) is 2.64. The van der Waals surface area contributed by atoms with E-state index in [0.29, 0.717) is 31.7 Å². The van der Waals surface area contributed by atoms with Crippen molar-refractivity contribution in [2.24, 2.45) is 0 Å². The number of amides is 1. The smallest absolute Gasteiger partial charge is 0.253 e. The fourth-order valence-electron chi connectivity index (χ4n) is 2.96. The zero-order valence-corrected chi connectivity index (χ0v) is 13.2. The first kappa shape index (κ1) is 16.2. The molecular weight excluding hydrogens is 305 g/mol. The number of rotatable bonds is 3. The van der Waals surface area contributed by atoms with Crippen molar-refractivity contribution in [3.63, 3.8) is 0 Å². The van der Waals surface area contributed by atoms with Gasteiger partial charge in [-0.15, -0.1) is 0 Å². The zero-order chi connectivity index (χ0) is 16.9. The third-order valence-electron chi connectivity index (χ3n) is 4.30. The lowest BCUT2D eigenvalue weighted by atomic mass is 10.1. The molecule has 0 saturated carbocycles. The van der Waals surface area contributed by atoms with Crippen LogP contribution in [0.1, 0.15) is 22.0 Å². The normalized spacial score (nSPS) is 16.4. The van der Waals surface area contributed by atoms with Gasteiger partial charge in [-0.1, -0.05) is 30.3 Å². The van der Waals surface area contributed by atoms with Crippen molar-refractivity contribution in [2.45, 2.75) is 6.04 Å². The quantitative estimate of drug-likeness (QED) is 0.872. The van der Waals surface area contributed by atoms with Crippen LogP contribution >= 0.6 is 0 Å². The van der Waals surface area contributed by atoms with Crippen molar-refractivity contribution in [3.8, 4) is 6.07 Å². The van der Waals surface area contributed by atoms with Crippen LogP contribution in [-0.2, 0) is 0 Å². The van der Waals surface area contributed by atoms with E-state index in [1.165, 1.54) is 24.3 Å². The molecule has 1 unspecified atom stereocenters. The van der Waals surface area contributed by atoms with Crippen molar-refractivity contribution in [2.75, 3.05) is 26.2 Å². The van der Waals surface area contributed by atoms with Crippen LogP contribution in [0.3, 0.4) is 0 Å². The van der Waals surface area contributed by atoms with Gasteiger partial charge in [0, 0.05) is 31.7 Å².